The fraction of sp³-hybridized carbons (Fsp3) is 0.556. The van der Waals surface area contributed by atoms with Crippen LogP contribution in [0.3, 0.4) is 0 Å². The molecule has 0 bridgehead atoms. The van der Waals surface area contributed by atoms with Gasteiger partial charge in [-0.1, -0.05) is 29.3 Å². The molecule has 8 nitrogen and oxygen atoms in total. The summed E-state index contributed by atoms with van der Waals surface area (Å²) in [4.78, 5) is 19.5. The Bertz CT molecular complexity index is 672. The SMILES string of the molecule is CC[N+]1(Cc2ccc(Cl)cc2Cl)CC[C@H](CN)C1.O=C(O)C(O)C(O)C(=O)O. The molecule has 0 radical (unpaired) electrons. The Morgan fingerprint density at radius 2 is 1.79 bits per heavy atom. The van der Waals surface area contributed by atoms with Gasteiger partial charge in [-0.3, -0.25) is 0 Å². The van der Waals surface area contributed by atoms with Crippen molar-refractivity contribution < 1.29 is 34.5 Å². The van der Waals surface area contributed by atoms with E-state index in [9.17, 15) is 9.59 Å². The number of hydrogen-bond donors (Lipinski definition) is 5. The van der Waals surface area contributed by atoms with Crippen molar-refractivity contribution in [3.8, 4) is 0 Å². The van der Waals surface area contributed by atoms with E-state index in [-0.39, 0.29) is 0 Å². The quantitative estimate of drug-likeness (QED) is 0.403. The third kappa shape index (κ3) is 6.88. The number of rotatable bonds is 7. The van der Waals surface area contributed by atoms with Crippen LogP contribution in [0, 0.1) is 5.92 Å². The maximum absolute atomic E-state index is 9.77. The van der Waals surface area contributed by atoms with Crippen molar-refractivity contribution in [2.24, 2.45) is 11.7 Å². The van der Waals surface area contributed by atoms with Crippen LogP contribution in [0.5, 0.6) is 0 Å². The molecule has 2 rings (SSSR count). The van der Waals surface area contributed by atoms with Gasteiger partial charge in [-0.05, 0) is 19.1 Å². The fourth-order valence-corrected chi connectivity index (χ4v) is 3.67. The van der Waals surface area contributed by atoms with Crippen LogP contribution >= 0.6 is 23.2 Å². The Morgan fingerprint density at radius 1 is 1.21 bits per heavy atom. The first-order valence-electron chi connectivity index (χ1n) is 8.86. The second-order valence-corrected chi connectivity index (χ2v) is 7.76. The molecule has 6 N–H and O–H groups in total. The maximum Gasteiger partial charge on any atom is 0.335 e. The van der Waals surface area contributed by atoms with Gasteiger partial charge in [0.1, 0.15) is 6.54 Å². The number of carboxylic acid groups (broad SMARTS) is 2. The van der Waals surface area contributed by atoms with Crippen molar-refractivity contribution in [3.63, 3.8) is 0 Å². The number of hydrogen-bond acceptors (Lipinski definition) is 5. The van der Waals surface area contributed by atoms with Gasteiger partial charge < -0.3 is 30.6 Å². The molecule has 1 aromatic carbocycles. The molecule has 1 fully saturated rings. The van der Waals surface area contributed by atoms with Gasteiger partial charge >= 0.3 is 11.9 Å². The molecule has 158 valence electrons. The molecule has 4 atom stereocenters. The van der Waals surface area contributed by atoms with Crippen LogP contribution in [0.15, 0.2) is 18.2 Å². The monoisotopic (exact) mass is 437 g/mol. The molecule has 0 saturated carbocycles. The molecule has 0 spiro atoms. The number of carbonyl (C=O) groups is 2. The highest BCUT2D eigenvalue weighted by molar-refractivity contribution is 6.35. The lowest BCUT2D eigenvalue weighted by Gasteiger charge is -2.34. The van der Waals surface area contributed by atoms with Gasteiger partial charge in [-0.25, -0.2) is 9.59 Å². The van der Waals surface area contributed by atoms with Gasteiger partial charge in [0.25, 0.3) is 0 Å². The van der Waals surface area contributed by atoms with Gasteiger partial charge in [0, 0.05) is 29.5 Å². The zero-order valence-electron chi connectivity index (χ0n) is 15.6. The third-order valence-electron chi connectivity index (χ3n) is 4.99. The Labute approximate surface area is 173 Å². The average molecular weight is 438 g/mol. The summed E-state index contributed by atoms with van der Waals surface area (Å²) in [6.07, 6.45) is -3.30. The van der Waals surface area contributed by atoms with Crippen molar-refractivity contribution in [2.75, 3.05) is 26.2 Å². The molecule has 0 aromatic heterocycles. The molecule has 1 saturated heterocycles. The number of nitrogens with zero attached hydrogens (tertiary/aromatic N) is 1. The molecule has 1 aliphatic rings. The zero-order valence-corrected chi connectivity index (χ0v) is 17.1. The van der Waals surface area contributed by atoms with Crippen LogP contribution in [-0.4, -0.2) is 75.2 Å². The van der Waals surface area contributed by atoms with Crippen LogP contribution in [0.4, 0.5) is 0 Å². The van der Waals surface area contributed by atoms with E-state index in [1.54, 1.807) is 0 Å². The average Bonchev–Trinajstić information content (AvgIpc) is 3.07. The highest BCUT2D eigenvalue weighted by atomic mass is 35.5. The maximum atomic E-state index is 9.77. The Hall–Kier alpha value is -1.42. The van der Waals surface area contributed by atoms with Gasteiger partial charge in [0.15, 0.2) is 12.2 Å². The molecule has 10 heteroatoms. The van der Waals surface area contributed by atoms with E-state index < -0.39 is 24.1 Å². The third-order valence-corrected chi connectivity index (χ3v) is 5.57. The van der Waals surface area contributed by atoms with Crippen LogP contribution in [-0.2, 0) is 16.1 Å². The summed E-state index contributed by atoms with van der Waals surface area (Å²) in [5.41, 5.74) is 6.99. The van der Waals surface area contributed by atoms with Crippen LogP contribution < -0.4 is 5.73 Å². The predicted molar refractivity (Wildman–Crippen MR) is 105 cm³/mol. The molecule has 0 amide bonds. The normalized spacial score (nSPS) is 23.4. The van der Waals surface area contributed by atoms with Gasteiger partial charge in [-0.2, -0.15) is 0 Å². The van der Waals surface area contributed by atoms with E-state index in [2.05, 4.69) is 13.0 Å². The molecule has 1 aromatic rings. The van der Waals surface area contributed by atoms with Crippen molar-refractivity contribution >= 4 is 35.1 Å². The molecule has 1 heterocycles. The number of carboxylic acids is 2. The van der Waals surface area contributed by atoms with Crippen LogP contribution in [0.25, 0.3) is 0 Å². The second-order valence-electron chi connectivity index (χ2n) is 6.91. The molecule has 1 aliphatic heterocycles. The van der Waals surface area contributed by atoms with E-state index in [1.807, 2.05) is 12.1 Å². The minimum absolute atomic E-state index is 0.663. The fourth-order valence-electron chi connectivity index (χ4n) is 3.20. The number of likely N-dealkylation sites (tertiary alicyclic amines) is 1. The molecular formula is C18H27Cl2N2O6+. The standard InChI is InChI=1S/C14H21Cl2N2.C4H6O6/c1-2-18(6-5-11(8-17)9-18)10-12-3-4-13(15)7-14(12)16;5-1(3(7)8)2(6)4(9)10/h3-4,7,11H,2,5-6,8-10,17H2,1H3;1-2,5-6H,(H,7,8)(H,9,10)/q+1;/t11-,18?;/m1./s1. The van der Waals surface area contributed by atoms with E-state index >= 15 is 0 Å². The predicted octanol–water partition coefficient (Wildman–Crippen LogP) is 1.19. The van der Waals surface area contributed by atoms with Gasteiger partial charge in [0.05, 0.1) is 24.7 Å². The Kier molecular flexibility index (Phi) is 9.62. The minimum atomic E-state index is -2.27. The lowest BCUT2D eigenvalue weighted by molar-refractivity contribution is -0.929. The minimum Gasteiger partial charge on any atom is -0.479 e. The number of quaternary nitrogens is 1. The number of halogens is 2. The first-order chi connectivity index (χ1) is 13.0. The van der Waals surface area contributed by atoms with Crippen LogP contribution in [0.1, 0.15) is 18.9 Å². The lowest BCUT2D eigenvalue weighted by Crippen LogP contribution is -2.45. The zero-order chi connectivity index (χ0) is 21.5. The Balaban J connectivity index is 0.000000336. The van der Waals surface area contributed by atoms with Crippen molar-refractivity contribution in [1.82, 2.24) is 0 Å². The van der Waals surface area contributed by atoms with Gasteiger partial charge in [-0.15, -0.1) is 0 Å². The number of nitrogens with two attached hydrogens (primary N) is 1. The largest absolute Gasteiger partial charge is 0.479 e. The molecule has 28 heavy (non-hydrogen) atoms. The summed E-state index contributed by atoms with van der Waals surface area (Å²) >= 11 is 12.2. The highest BCUT2D eigenvalue weighted by Crippen LogP contribution is 2.30. The van der Waals surface area contributed by atoms with E-state index in [4.69, 9.17) is 49.4 Å². The number of aliphatic carboxylic acids is 2. The summed E-state index contributed by atoms with van der Waals surface area (Å²) in [5.74, 6) is -2.87. The smallest absolute Gasteiger partial charge is 0.335 e. The summed E-state index contributed by atoms with van der Waals surface area (Å²) in [6, 6.07) is 5.81. The molecule has 0 aliphatic carbocycles. The Morgan fingerprint density at radius 3 is 2.18 bits per heavy atom. The van der Waals surface area contributed by atoms with E-state index in [1.165, 1.54) is 25.1 Å². The lowest BCUT2D eigenvalue weighted by atomic mass is 10.1. The summed E-state index contributed by atoms with van der Waals surface area (Å²) in [5, 5.41) is 34.0. The first-order valence-corrected chi connectivity index (χ1v) is 9.61. The van der Waals surface area contributed by atoms with Crippen molar-refractivity contribution in [2.45, 2.75) is 32.1 Å². The molecular weight excluding hydrogens is 411 g/mol. The number of aliphatic hydroxyl groups excluding tert-OH is 2. The second kappa shape index (κ2) is 10.9. The summed E-state index contributed by atoms with van der Waals surface area (Å²) in [7, 11) is 0. The van der Waals surface area contributed by atoms with E-state index in [0.29, 0.717) is 10.9 Å². The van der Waals surface area contributed by atoms with Crippen molar-refractivity contribution in [3.05, 3.63) is 33.8 Å². The first kappa shape index (κ1) is 24.6. The summed E-state index contributed by atoms with van der Waals surface area (Å²) < 4.78 is 1.10. The van der Waals surface area contributed by atoms with Crippen LogP contribution in [0.2, 0.25) is 10.0 Å². The highest BCUT2D eigenvalue weighted by Gasteiger charge is 2.36. The van der Waals surface area contributed by atoms with Crippen molar-refractivity contribution in [1.29, 1.82) is 0 Å². The molecule has 3 unspecified atom stereocenters. The topological polar surface area (TPSA) is 141 Å². The number of aliphatic hydroxyl groups is 2. The number of benzene rings is 1. The van der Waals surface area contributed by atoms with Gasteiger partial charge in [0.2, 0.25) is 0 Å². The summed E-state index contributed by atoms with van der Waals surface area (Å²) in [6.45, 7) is 7.55. The van der Waals surface area contributed by atoms with E-state index in [0.717, 1.165) is 29.1 Å².